The maximum absolute atomic E-state index is 12.8. The van der Waals surface area contributed by atoms with Crippen molar-refractivity contribution in [3.63, 3.8) is 0 Å². The van der Waals surface area contributed by atoms with Gasteiger partial charge in [0.25, 0.3) is 0 Å². The van der Waals surface area contributed by atoms with Crippen LogP contribution in [-0.4, -0.2) is 48.0 Å². The van der Waals surface area contributed by atoms with Gasteiger partial charge in [0.2, 0.25) is 11.8 Å². The van der Waals surface area contributed by atoms with Gasteiger partial charge in [-0.1, -0.05) is 6.92 Å². The number of carbonyl (C=O) groups is 2. The SMILES string of the molecule is CCCC(=O)N1CCN(c2ccc(NC(=S)NC(=O)CC34CC5CC(CC(C5)C3)C4)cc2)CC1. The number of rotatable bonds is 6. The van der Waals surface area contributed by atoms with Gasteiger partial charge in [-0.25, -0.2) is 0 Å². The highest BCUT2D eigenvalue weighted by Crippen LogP contribution is 2.61. The summed E-state index contributed by atoms with van der Waals surface area (Å²) in [4.78, 5) is 29.2. The minimum Gasteiger partial charge on any atom is -0.368 e. The van der Waals surface area contributed by atoms with E-state index in [1.54, 1.807) is 0 Å². The number of benzene rings is 1. The van der Waals surface area contributed by atoms with Crippen LogP contribution in [0.2, 0.25) is 0 Å². The van der Waals surface area contributed by atoms with Crippen molar-refractivity contribution < 1.29 is 9.59 Å². The molecule has 0 aromatic heterocycles. The van der Waals surface area contributed by atoms with E-state index in [4.69, 9.17) is 12.2 Å². The van der Waals surface area contributed by atoms with Gasteiger partial charge in [0.1, 0.15) is 0 Å². The molecule has 0 spiro atoms. The summed E-state index contributed by atoms with van der Waals surface area (Å²) in [6.07, 6.45) is 10.0. The average molecular weight is 483 g/mol. The number of hydrogen-bond donors (Lipinski definition) is 2. The van der Waals surface area contributed by atoms with Gasteiger partial charge in [0, 0.05) is 50.4 Å². The monoisotopic (exact) mass is 482 g/mol. The summed E-state index contributed by atoms with van der Waals surface area (Å²) in [5, 5.41) is 6.50. The van der Waals surface area contributed by atoms with Gasteiger partial charge in [0.15, 0.2) is 5.11 Å². The van der Waals surface area contributed by atoms with Gasteiger partial charge in [-0.3, -0.25) is 9.59 Å². The largest absolute Gasteiger partial charge is 0.368 e. The number of piperazine rings is 1. The molecule has 7 heteroatoms. The minimum absolute atomic E-state index is 0.0616. The summed E-state index contributed by atoms with van der Waals surface area (Å²) >= 11 is 5.45. The van der Waals surface area contributed by atoms with Crippen molar-refractivity contribution in [2.75, 3.05) is 36.4 Å². The molecule has 1 saturated heterocycles. The van der Waals surface area contributed by atoms with Crippen molar-refractivity contribution in [1.82, 2.24) is 10.2 Å². The number of nitrogens with zero attached hydrogens (tertiary/aromatic N) is 2. The highest BCUT2D eigenvalue weighted by molar-refractivity contribution is 7.80. The molecule has 1 aliphatic heterocycles. The van der Waals surface area contributed by atoms with Crippen LogP contribution in [0.1, 0.15) is 64.7 Å². The molecule has 184 valence electrons. The van der Waals surface area contributed by atoms with E-state index in [1.165, 1.54) is 38.5 Å². The van der Waals surface area contributed by atoms with Crippen LogP contribution >= 0.6 is 12.2 Å². The molecular weight excluding hydrogens is 444 g/mol. The maximum atomic E-state index is 12.8. The smallest absolute Gasteiger partial charge is 0.226 e. The molecule has 4 aliphatic carbocycles. The second-order valence-corrected chi connectivity index (χ2v) is 11.7. The Labute approximate surface area is 208 Å². The van der Waals surface area contributed by atoms with E-state index in [0.29, 0.717) is 18.0 Å². The topological polar surface area (TPSA) is 64.7 Å². The van der Waals surface area contributed by atoms with Gasteiger partial charge < -0.3 is 20.4 Å². The molecule has 1 heterocycles. The Kier molecular flexibility index (Phi) is 6.83. The third-order valence-corrected chi connectivity index (χ3v) is 8.74. The van der Waals surface area contributed by atoms with Gasteiger partial charge in [-0.15, -0.1) is 0 Å². The molecule has 0 atom stereocenters. The van der Waals surface area contributed by atoms with Crippen LogP contribution in [-0.2, 0) is 9.59 Å². The lowest BCUT2D eigenvalue weighted by atomic mass is 9.49. The van der Waals surface area contributed by atoms with Crippen LogP contribution in [0.5, 0.6) is 0 Å². The van der Waals surface area contributed by atoms with E-state index in [0.717, 1.165) is 61.7 Å². The van der Waals surface area contributed by atoms with E-state index in [1.807, 2.05) is 24.0 Å². The van der Waals surface area contributed by atoms with Crippen LogP contribution < -0.4 is 15.5 Å². The zero-order valence-electron chi connectivity index (χ0n) is 20.4. The van der Waals surface area contributed by atoms with Gasteiger partial charge in [0.05, 0.1) is 0 Å². The first-order valence-corrected chi connectivity index (χ1v) is 13.6. The van der Waals surface area contributed by atoms with Crippen LogP contribution in [0.25, 0.3) is 0 Å². The second kappa shape index (κ2) is 9.84. The van der Waals surface area contributed by atoms with Crippen LogP contribution in [0, 0.1) is 23.2 Å². The molecular formula is C27H38N4O2S. The Morgan fingerprint density at radius 2 is 1.56 bits per heavy atom. The quantitative estimate of drug-likeness (QED) is 0.582. The lowest BCUT2D eigenvalue weighted by Crippen LogP contribution is -2.48. The Bertz CT molecular complexity index is 888. The predicted octanol–water partition coefficient (Wildman–Crippen LogP) is 4.55. The number of carbonyl (C=O) groups excluding carboxylic acids is 2. The molecule has 1 aromatic carbocycles. The average Bonchev–Trinajstić information content (AvgIpc) is 2.78. The molecule has 4 bridgehead atoms. The molecule has 34 heavy (non-hydrogen) atoms. The molecule has 4 saturated carbocycles. The van der Waals surface area contributed by atoms with Crippen molar-refractivity contribution in [2.24, 2.45) is 23.2 Å². The Balaban J connectivity index is 1.08. The summed E-state index contributed by atoms with van der Waals surface area (Å²) in [6.45, 7) is 5.30. The minimum atomic E-state index is 0.0616. The maximum Gasteiger partial charge on any atom is 0.226 e. The van der Waals surface area contributed by atoms with Crippen molar-refractivity contribution in [2.45, 2.75) is 64.7 Å². The number of thiocarbonyl (C=S) groups is 1. The van der Waals surface area contributed by atoms with Crippen molar-refractivity contribution >= 4 is 40.5 Å². The summed E-state index contributed by atoms with van der Waals surface area (Å²) in [5.74, 6) is 2.87. The standard InChI is InChI=1S/C27H38N4O2S/c1-2-3-25(33)31-10-8-30(9-11-31)23-6-4-22(5-7-23)28-26(34)29-24(32)18-27-15-19-12-20(16-27)14-21(13-19)17-27/h4-7,19-21H,2-3,8-18H2,1H3,(H2,28,29,32,34). The number of nitrogens with one attached hydrogen (secondary N) is 2. The first kappa shape index (κ1) is 23.6. The van der Waals surface area contributed by atoms with E-state index >= 15 is 0 Å². The fourth-order valence-electron chi connectivity index (χ4n) is 7.52. The number of anilines is 2. The molecule has 6 rings (SSSR count). The van der Waals surface area contributed by atoms with Gasteiger partial charge >= 0.3 is 0 Å². The highest BCUT2D eigenvalue weighted by Gasteiger charge is 2.51. The first-order valence-electron chi connectivity index (χ1n) is 13.1. The second-order valence-electron chi connectivity index (χ2n) is 11.3. The molecule has 5 fully saturated rings. The van der Waals surface area contributed by atoms with Crippen molar-refractivity contribution in [1.29, 1.82) is 0 Å². The van der Waals surface area contributed by atoms with E-state index < -0.39 is 0 Å². The highest BCUT2D eigenvalue weighted by atomic mass is 32.1. The van der Waals surface area contributed by atoms with Crippen molar-refractivity contribution in [3.8, 4) is 0 Å². The lowest BCUT2D eigenvalue weighted by Gasteiger charge is -2.56. The van der Waals surface area contributed by atoms with E-state index in [2.05, 4.69) is 27.7 Å². The fraction of sp³-hybridized carbons (Fsp3) is 0.667. The van der Waals surface area contributed by atoms with Crippen LogP contribution in [0.15, 0.2) is 24.3 Å². The van der Waals surface area contributed by atoms with Crippen LogP contribution in [0.4, 0.5) is 11.4 Å². The molecule has 6 nitrogen and oxygen atoms in total. The fourth-order valence-corrected chi connectivity index (χ4v) is 7.75. The molecule has 1 aromatic rings. The zero-order chi connectivity index (χ0) is 23.7. The lowest BCUT2D eigenvalue weighted by molar-refractivity contribution is -0.131. The van der Waals surface area contributed by atoms with E-state index in [-0.39, 0.29) is 17.2 Å². The molecule has 2 N–H and O–H groups in total. The van der Waals surface area contributed by atoms with Crippen molar-refractivity contribution in [3.05, 3.63) is 24.3 Å². The molecule has 0 unspecified atom stereocenters. The first-order chi connectivity index (χ1) is 16.4. The normalized spacial score (nSPS) is 29.7. The Morgan fingerprint density at radius 1 is 0.971 bits per heavy atom. The third-order valence-electron chi connectivity index (χ3n) is 8.54. The predicted molar refractivity (Wildman–Crippen MR) is 140 cm³/mol. The summed E-state index contributed by atoms with van der Waals surface area (Å²) in [6, 6.07) is 8.15. The Morgan fingerprint density at radius 3 is 2.12 bits per heavy atom. The molecule has 0 radical (unpaired) electrons. The summed E-state index contributed by atoms with van der Waals surface area (Å²) in [7, 11) is 0. The summed E-state index contributed by atoms with van der Waals surface area (Å²) < 4.78 is 0. The summed E-state index contributed by atoms with van der Waals surface area (Å²) in [5.41, 5.74) is 2.24. The van der Waals surface area contributed by atoms with Gasteiger partial charge in [-0.2, -0.15) is 0 Å². The molecule has 5 aliphatic rings. The zero-order valence-corrected chi connectivity index (χ0v) is 21.2. The number of amides is 2. The number of hydrogen-bond acceptors (Lipinski definition) is 4. The Hall–Kier alpha value is -2.15. The van der Waals surface area contributed by atoms with E-state index in [9.17, 15) is 9.59 Å². The van der Waals surface area contributed by atoms with Crippen LogP contribution in [0.3, 0.4) is 0 Å². The third kappa shape index (κ3) is 5.24. The molecule has 2 amide bonds. The van der Waals surface area contributed by atoms with Gasteiger partial charge in [-0.05, 0) is 105 Å².